The molecule has 2 aliphatic rings. The van der Waals surface area contributed by atoms with Gasteiger partial charge in [0, 0.05) is 16.7 Å². The normalized spacial score (nSPS) is 17.2. The molecule has 0 atom stereocenters. The van der Waals surface area contributed by atoms with E-state index in [0.29, 0.717) is 16.8 Å². The molecule has 0 unspecified atom stereocenters. The molecule has 0 radical (unpaired) electrons. The van der Waals surface area contributed by atoms with E-state index in [1.165, 1.54) is 6.20 Å². The molecule has 0 aromatic heterocycles. The quantitative estimate of drug-likeness (QED) is 0.738. The molecule has 5 nitrogen and oxygen atoms in total. The summed E-state index contributed by atoms with van der Waals surface area (Å²) in [6.45, 7) is 0. The molecule has 16 heavy (non-hydrogen) atoms. The average molecular weight is 253 g/mol. The van der Waals surface area contributed by atoms with Crippen molar-refractivity contribution in [2.45, 2.75) is 4.90 Å². The summed E-state index contributed by atoms with van der Waals surface area (Å²) in [4.78, 5) is 9.48. The van der Waals surface area contributed by atoms with E-state index < -0.39 is 10.0 Å². The Kier molecular flexibility index (Phi) is 1.97. The topological polar surface area (TPSA) is 84.9 Å². The maximum atomic E-state index is 11.3. The van der Waals surface area contributed by atoms with E-state index in [1.54, 1.807) is 17.8 Å². The summed E-state index contributed by atoms with van der Waals surface area (Å²) >= 11 is 1.61. The summed E-state index contributed by atoms with van der Waals surface area (Å²) in [5.41, 5.74) is 0.549. The second-order valence-electron chi connectivity index (χ2n) is 3.41. The largest absolute Gasteiger partial charge is 0.271 e. The Balaban J connectivity index is 2.35. The molecule has 2 aliphatic heterocycles. The molecule has 2 N–H and O–H groups in total. The third-order valence-corrected chi connectivity index (χ3v) is 4.28. The fourth-order valence-corrected chi connectivity index (χ4v) is 3.21. The van der Waals surface area contributed by atoms with Gasteiger partial charge in [-0.3, -0.25) is 9.98 Å². The van der Waals surface area contributed by atoms with Crippen LogP contribution < -0.4 is 15.9 Å². The van der Waals surface area contributed by atoms with Gasteiger partial charge in [0.1, 0.15) is 4.91 Å². The van der Waals surface area contributed by atoms with Crippen molar-refractivity contribution in [1.82, 2.24) is 0 Å². The fraction of sp³-hybridized carbons (Fsp3) is 0.111. The number of nitrogens with two attached hydrogens (primary N) is 1. The highest BCUT2D eigenvalue weighted by atomic mass is 32.2. The van der Waals surface area contributed by atoms with Gasteiger partial charge in [0.15, 0.2) is 0 Å². The van der Waals surface area contributed by atoms with E-state index in [1.807, 2.05) is 6.07 Å². The lowest BCUT2D eigenvalue weighted by molar-refractivity contribution is 0.607. The van der Waals surface area contributed by atoms with Gasteiger partial charge in [0.25, 0.3) is 0 Å². The van der Waals surface area contributed by atoms with Crippen molar-refractivity contribution in [3.8, 4) is 0 Å². The zero-order chi connectivity index (χ0) is 11.3. The second-order valence-corrected chi connectivity index (χ2v) is 5.92. The van der Waals surface area contributed by atoms with Gasteiger partial charge in [-0.15, -0.1) is 11.8 Å². The lowest BCUT2D eigenvalue weighted by Crippen LogP contribution is -2.28. The minimum absolute atomic E-state index is 0.0670. The summed E-state index contributed by atoms with van der Waals surface area (Å²) < 4.78 is 22.6. The Labute approximate surface area is 95.8 Å². The van der Waals surface area contributed by atoms with E-state index >= 15 is 0 Å². The van der Waals surface area contributed by atoms with Crippen LogP contribution in [0.3, 0.4) is 0 Å². The van der Waals surface area contributed by atoms with E-state index in [4.69, 9.17) is 5.14 Å². The van der Waals surface area contributed by atoms with Crippen molar-refractivity contribution >= 4 is 26.7 Å². The summed E-state index contributed by atoms with van der Waals surface area (Å²) in [5, 5.41) is 6.50. The van der Waals surface area contributed by atoms with Crippen LogP contribution in [-0.2, 0) is 10.0 Å². The Bertz CT molecular complexity index is 735. The number of nitrogens with zero attached hydrogens (tertiary/aromatic N) is 2. The Morgan fingerprint density at radius 3 is 2.88 bits per heavy atom. The van der Waals surface area contributed by atoms with Crippen LogP contribution in [0.15, 0.2) is 33.2 Å². The molecule has 0 saturated carbocycles. The Morgan fingerprint density at radius 2 is 2.12 bits per heavy atom. The van der Waals surface area contributed by atoms with Crippen LogP contribution in [0, 0.1) is 0 Å². The number of thioether (sulfide) groups is 1. The van der Waals surface area contributed by atoms with Crippen LogP contribution in [0.25, 0.3) is 4.91 Å². The molecular formula is C9H7N3O2S2. The molecule has 0 fully saturated rings. The first-order valence-electron chi connectivity index (χ1n) is 4.49. The molecule has 0 amide bonds. The van der Waals surface area contributed by atoms with E-state index in [-0.39, 0.29) is 4.91 Å². The molecular weight excluding hydrogens is 246 g/mol. The highest BCUT2D eigenvalue weighted by Crippen LogP contribution is 2.22. The smallest absolute Gasteiger partial charge is 0.240 e. The number of fused-ring (bicyclic) bond motifs is 3. The van der Waals surface area contributed by atoms with Crippen molar-refractivity contribution < 1.29 is 8.42 Å². The number of hydrogen-bond acceptors (Lipinski definition) is 5. The minimum atomic E-state index is -3.71. The van der Waals surface area contributed by atoms with Gasteiger partial charge in [-0.2, -0.15) is 0 Å². The standard InChI is InChI=1S/C9H7N3O2S2/c10-16(13,14)7-3-11-8-5(7)1-2-6-9(8)12-4-15-6/h1-3H,4H2,(H2,10,13,14). The van der Waals surface area contributed by atoms with Crippen molar-refractivity contribution in [1.29, 1.82) is 0 Å². The monoisotopic (exact) mass is 253 g/mol. The van der Waals surface area contributed by atoms with Gasteiger partial charge in [-0.25, -0.2) is 13.6 Å². The van der Waals surface area contributed by atoms with Crippen LogP contribution in [0.4, 0.5) is 0 Å². The Morgan fingerprint density at radius 1 is 1.31 bits per heavy atom. The molecule has 3 rings (SSSR count). The minimum Gasteiger partial charge on any atom is -0.271 e. The summed E-state index contributed by atoms with van der Waals surface area (Å²) in [6.07, 6.45) is 1.29. The molecule has 2 heterocycles. The third-order valence-electron chi connectivity index (χ3n) is 2.44. The lowest BCUT2D eigenvalue weighted by Gasteiger charge is -2.00. The van der Waals surface area contributed by atoms with Crippen molar-refractivity contribution in [2.24, 2.45) is 15.1 Å². The van der Waals surface area contributed by atoms with Gasteiger partial charge in [-0.1, -0.05) is 6.07 Å². The second kappa shape index (κ2) is 3.16. The summed E-state index contributed by atoms with van der Waals surface area (Å²) in [5.74, 6) is 0.659. The number of hydrogen-bond donors (Lipinski definition) is 1. The predicted molar refractivity (Wildman–Crippen MR) is 60.6 cm³/mol. The average Bonchev–Trinajstić information content (AvgIpc) is 2.81. The van der Waals surface area contributed by atoms with Gasteiger partial charge in [0.2, 0.25) is 10.0 Å². The van der Waals surface area contributed by atoms with Gasteiger partial charge >= 0.3 is 0 Å². The van der Waals surface area contributed by atoms with Crippen LogP contribution in [0.1, 0.15) is 5.56 Å². The predicted octanol–water partition coefficient (Wildman–Crippen LogP) is -0.410. The third kappa shape index (κ3) is 1.32. The van der Waals surface area contributed by atoms with E-state index in [2.05, 4.69) is 9.98 Å². The number of primary sulfonamides is 1. The maximum Gasteiger partial charge on any atom is 0.240 e. The number of sulfonamides is 1. The summed E-state index contributed by atoms with van der Waals surface area (Å²) in [7, 11) is -3.71. The zero-order valence-electron chi connectivity index (χ0n) is 8.04. The molecule has 0 aliphatic carbocycles. The van der Waals surface area contributed by atoms with Crippen LogP contribution in [-0.4, -0.2) is 14.3 Å². The van der Waals surface area contributed by atoms with Crippen LogP contribution >= 0.6 is 11.8 Å². The summed E-state index contributed by atoms with van der Waals surface area (Å²) in [6, 6.07) is 3.59. The Hall–Kier alpha value is -1.18. The van der Waals surface area contributed by atoms with Gasteiger partial charge < -0.3 is 0 Å². The molecule has 0 saturated heterocycles. The van der Waals surface area contributed by atoms with Crippen molar-refractivity contribution in [2.75, 3.05) is 5.88 Å². The molecule has 82 valence electrons. The molecule has 0 spiro atoms. The first-order chi connectivity index (χ1) is 7.57. The molecule has 7 heteroatoms. The molecule has 1 aromatic rings. The lowest BCUT2D eigenvalue weighted by atomic mass is 10.2. The van der Waals surface area contributed by atoms with Crippen LogP contribution in [0.5, 0.6) is 0 Å². The first kappa shape index (κ1) is 10.0. The fourth-order valence-electron chi connectivity index (χ4n) is 1.75. The SMILES string of the molecule is NS(=O)(=O)C1=CN=c2c1ccc1c2=NCS1. The van der Waals surface area contributed by atoms with E-state index in [0.717, 1.165) is 10.3 Å². The van der Waals surface area contributed by atoms with Crippen molar-refractivity contribution in [3.63, 3.8) is 0 Å². The van der Waals surface area contributed by atoms with E-state index in [9.17, 15) is 8.42 Å². The maximum absolute atomic E-state index is 11.3. The first-order valence-corrected chi connectivity index (χ1v) is 7.02. The number of benzene rings is 1. The van der Waals surface area contributed by atoms with Gasteiger partial charge in [0.05, 0.1) is 16.6 Å². The van der Waals surface area contributed by atoms with Crippen molar-refractivity contribution in [3.05, 3.63) is 34.6 Å². The zero-order valence-corrected chi connectivity index (χ0v) is 9.68. The molecule has 1 aromatic carbocycles. The number of rotatable bonds is 1. The van der Waals surface area contributed by atoms with Crippen LogP contribution in [0.2, 0.25) is 0 Å². The molecule has 0 bridgehead atoms. The van der Waals surface area contributed by atoms with Gasteiger partial charge in [-0.05, 0) is 6.07 Å². The highest BCUT2D eigenvalue weighted by Gasteiger charge is 2.22. The highest BCUT2D eigenvalue weighted by molar-refractivity contribution is 7.99.